The third-order valence-corrected chi connectivity index (χ3v) is 9.14. The third-order valence-electron chi connectivity index (χ3n) is 9.14. The monoisotopic (exact) mass is 318 g/mol. The quantitative estimate of drug-likeness (QED) is 0.767. The fraction of sp³-hybridized carbons (Fsp3) is 0.952. The van der Waals surface area contributed by atoms with Gasteiger partial charge in [-0.15, -0.1) is 0 Å². The van der Waals surface area contributed by atoms with E-state index in [0.717, 1.165) is 37.0 Å². The van der Waals surface area contributed by atoms with Crippen LogP contribution < -0.4 is 0 Å². The molecule has 1 N–H and O–H groups in total. The molecule has 0 heterocycles. The summed E-state index contributed by atoms with van der Waals surface area (Å²) < 4.78 is 0. The minimum absolute atomic E-state index is 0.152. The number of hydrogen-bond donors (Lipinski definition) is 1. The van der Waals surface area contributed by atoms with Crippen LogP contribution in [-0.2, 0) is 4.79 Å². The van der Waals surface area contributed by atoms with E-state index in [2.05, 4.69) is 13.8 Å². The summed E-state index contributed by atoms with van der Waals surface area (Å²) in [5, 5.41) is 10.3. The van der Waals surface area contributed by atoms with Gasteiger partial charge in [0.1, 0.15) is 5.78 Å². The van der Waals surface area contributed by atoms with E-state index in [4.69, 9.17) is 0 Å². The van der Waals surface area contributed by atoms with E-state index in [-0.39, 0.29) is 6.10 Å². The fourth-order valence-corrected chi connectivity index (χ4v) is 7.88. The Kier molecular flexibility index (Phi) is 3.72. The van der Waals surface area contributed by atoms with Gasteiger partial charge >= 0.3 is 0 Å². The van der Waals surface area contributed by atoms with Crippen molar-refractivity contribution in [3.63, 3.8) is 0 Å². The second-order valence-electron chi connectivity index (χ2n) is 9.87. The van der Waals surface area contributed by atoms with Gasteiger partial charge in [-0.25, -0.2) is 0 Å². The predicted molar refractivity (Wildman–Crippen MR) is 91.9 cm³/mol. The van der Waals surface area contributed by atoms with Gasteiger partial charge in [0, 0.05) is 12.8 Å². The van der Waals surface area contributed by atoms with Gasteiger partial charge in [0.2, 0.25) is 0 Å². The maximum absolute atomic E-state index is 11.9. The number of aliphatic hydroxyl groups is 1. The van der Waals surface area contributed by atoms with Gasteiger partial charge in [0.15, 0.2) is 0 Å². The molecule has 8 atom stereocenters. The Balaban J connectivity index is 1.61. The zero-order chi connectivity index (χ0) is 16.4. The van der Waals surface area contributed by atoms with Crippen LogP contribution in [0.25, 0.3) is 0 Å². The maximum Gasteiger partial charge on any atom is 0.133 e. The van der Waals surface area contributed by atoms with Crippen molar-refractivity contribution in [2.45, 2.75) is 84.7 Å². The smallest absolute Gasteiger partial charge is 0.133 e. The molecule has 0 aliphatic heterocycles. The van der Waals surface area contributed by atoms with Gasteiger partial charge in [-0.3, -0.25) is 4.79 Å². The summed E-state index contributed by atoms with van der Waals surface area (Å²) in [5.74, 6) is 4.18. The van der Waals surface area contributed by atoms with Crippen LogP contribution in [0.4, 0.5) is 0 Å². The van der Waals surface area contributed by atoms with Gasteiger partial charge in [0.05, 0.1) is 6.10 Å². The van der Waals surface area contributed by atoms with Crippen LogP contribution in [-0.4, -0.2) is 17.0 Å². The van der Waals surface area contributed by atoms with Crippen molar-refractivity contribution in [2.24, 2.45) is 40.4 Å². The molecule has 4 aliphatic rings. The molecule has 4 fully saturated rings. The number of hydrogen-bond acceptors (Lipinski definition) is 2. The molecule has 2 heteroatoms. The number of rotatable bonds is 1. The molecule has 4 rings (SSSR count). The van der Waals surface area contributed by atoms with Crippen LogP contribution in [0.5, 0.6) is 0 Å². The third kappa shape index (κ3) is 2.19. The topological polar surface area (TPSA) is 37.3 Å². The van der Waals surface area contributed by atoms with Crippen LogP contribution in [0.15, 0.2) is 0 Å². The van der Waals surface area contributed by atoms with Gasteiger partial charge in [0.25, 0.3) is 0 Å². The summed E-state index contributed by atoms with van der Waals surface area (Å²) in [6, 6.07) is 0. The summed E-state index contributed by atoms with van der Waals surface area (Å²) in [7, 11) is 0. The van der Waals surface area contributed by atoms with Crippen LogP contribution in [0.3, 0.4) is 0 Å². The number of carbonyl (C=O) groups is 1. The average molecular weight is 319 g/mol. The van der Waals surface area contributed by atoms with Gasteiger partial charge in [-0.2, -0.15) is 0 Å². The average Bonchev–Trinajstić information content (AvgIpc) is 2.85. The van der Waals surface area contributed by atoms with Crippen LogP contribution >= 0.6 is 0 Å². The highest BCUT2D eigenvalue weighted by atomic mass is 16.3. The highest BCUT2D eigenvalue weighted by molar-refractivity contribution is 5.79. The first-order valence-corrected chi connectivity index (χ1v) is 10.1. The normalized spacial score (nSPS) is 54.1. The molecule has 23 heavy (non-hydrogen) atoms. The molecular weight excluding hydrogens is 284 g/mol. The molecule has 0 unspecified atom stereocenters. The van der Waals surface area contributed by atoms with Gasteiger partial charge in [-0.1, -0.05) is 13.8 Å². The molecule has 4 aliphatic carbocycles. The predicted octanol–water partition coefficient (Wildman–Crippen LogP) is 4.60. The zero-order valence-corrected chi connectivity index (χ0v) is 15.2. The molecule has 0 saturated heterocycles. The molecule has 0 radical (unpaired) electrons. The van der Waals surface area contributed by atoms with Crippen molar-refractivity contribution in [2.75, 3.05) is 0 Å². The molecule has 0 aromatic carbocycles. The summed E-state index contributed by atoms with van der Waals surface area (Å²) in [6.45, 7) is 7.01. The lowest BCUT2D eigenvalue weighted by atomic mass is 9.44. The van der Waals surface area contributed by atoms with Gasteiger partial charge in [-0.05, 0) is 92.3 Å². The molecule has 2 nitrogen and oxygen atoms in total. The minimum Gasteiger partial charge on any atom is -0.393 e. The lowest BCUT2D eigenvalue weighted by Crippen LogP contribution is -2.54. The number of aliphatic hydroxyl groups excluding tert-OH is 1. The molecule has 0 bridgehead atoms. The summed E-state index contributed by atoms with van der Waals surface area (Å²) >= 11 is 0. The Morgan fingerprint density at radius 2 is 1.74 bits per heavy atom. The number of carbonyl (C=O) groups excluding carboxylic acids is 1. The minimum atomic E-state index is -0.152. The standard InChI is InChI=1S/C21H34O2/c1-13(22)17-6-7-18-16-5-4-14-12-15(23)8-10-20(14,2)19(16)9-11-21(17,18)3/h13-14,16-19,22H,4-12H2,1-3H3/t13-,14-,16-,17-,18+,19+,20-,21+/m0/s1. The number of Topliss-reactive ketones (excluding diaryl/α,β-unsaturated/α-hetero) is 1. The number of ketones is 1. The first kappa shape index (κ1) is 16.1. The lowest BCUT2D eigenvalue weighted by molar-refractivity contribution is -0.141. The van der Waals surface area contributed by atoms with Crippen LogP contribution in [0.1, 0.15) is 78.6 Å². The molecular formula is C21H34O2. The van der Waals surface area contributed by atoms with Gasteiger partial charge < -0.3 is 5.11 Å². The van der Waals surface area contributed by atoms with E-state index < -0.39 is 0 Å². The maximum atomic E-state index is 11.9. The van der Waals surface area contributed by atoms with Crippen molar-refractivity contribution >= 4 is 5.78 Å². The van der Waals surface area contributed by atoms with Crippen molar-refractivity contribution < 1.29 is 9.90 Å². The highest BCUT2D eigenvalue weighted by Crippen LogP contribution is 2.67. The fourth-order valence-electron chi connectivity index (χ4n) is 7.88. The first-order valence-electron chi connectivity index (χ1n) is 10.1. The van der Waals surface area contributed by atoms with Crippen molar-refractivity contribution in [1.82, 2.24) is 0 Å². The van der Waals surface area contributed by atoms with E-state index in [0.29, 0.717) is 28.4 Å². The summed E-state index contributed by atoms with van der Waals surface area (Å²) in [6.07, 6.45) is 10.5. The Bertz CT molecular complexity index is 498. The van der Waals surface area contributed by atoms with E-state index in [1.807, 2.05) is 6.92 Å². The van der Waals surface area contributed by atoms with Crippen molar-refractivity contribution in [1.29, 1.82) is 0 Å². The summed E-state index contributed by atoms with van der Waals surface area (Å²) in [4.78, 5) is 11.9. The van der Waals surface area contributed by atoms with E-state index in [1.165, 1.54) is 38.5 Å². The van der Waals surface area contributed by atoms with Crippen LogP contribution in [0.2, 0.25) is 0 Å². The van der Waals surface area contributed by atoms with Crippen LogP contribution in [0, 0.1) is 40.4 Å². The van der Waals surface area contributed by atoms with Crippen molar-refractivity contribution in [3.8, 4) is 0 Å². The Labute approximate surface area is 141 Å². The zero-order valence-electron chi connectivity index (χ0n) is 15.2. The Hall–Kier alpha value is -0.370. The van der Waals surface area contributed by atoms with Crippen molar-refractivity contribution in [3.05, 3.63) is 0 Å². The Morgan fingerprint density at radius 1 is 1.00 bits per heavy atom. The summed E-state index contributed by atoms with van der Waals surface area (Å²) in [5.41, 5.74) is 0.782. The highest BCUT2D eigenvalue weighted by Gasteiger charge is 2.60. The number of fused-ring (bicyclic) bond motifs is 5. The Morgan fingerprint density at radius 3 is 2.48 bits per heavy atom. The largest absolute Gasteiger partial charge is 0.393 e. The van der Waals surface area contributed by atoms with E-state index in [9.17, 15) is 9.90 Å². The molecule has 4 saturated carbocycles. The molecule has 0 amide bonds. The SMILES string of the molecule is C[C@H](O)[C@@H]1CC[C@@H]2[C@@H]3CC[C@H]4CC(=O)CC[C@]4(C)[C@@H]3CC[C@@]21C. The second-order valence-corrected chi connectivity index (χ2v) is 9.87. The molecule has 130 valence electrons. The second kappa shape index (κ2) is 5.31. The van der Waals surface area contributed by atoms with E-state index in [1.54, 1.807) is 0 Å². The molecule has 0 aromatic heterocycles. The first-order chi connectivity index (χ1) is 10.9. The lowest BCUT2D eigenvalue weighted by Gasteiger charge is -2.60. The molecule has 0 spiro atoms. The van der Waals surface area contributed by atoms with E-state index >= 15 is 0 Å². The molecule has 0 aromatic rings.